The summed E-state index contributed by atoms with van der Waals surface area (Å²) < 4.78 is 7.88. The van der Waals surface area contributed by atoms with Crippen molar-refractivity contribution in [2.24, 2.45) is 0 Å². The molecule has 1 aromatic heterocycles. The fourth-order valence-corrected chi connectivity index (χ4v) is 2.09. The summed E-state index contributed by atoms with van der Waals surface area (Å²) in [4.78, 5) is 4.14. The first-order chi connectivity index (χ1) is 8.38. The molecule has 1 aromatic carbocycles. The Morgan fingerprint density at radius 3 is 2.94 bits per heavy atom. The number of nitriles is 1. The molecule has 84 valence electrons. The van der Waals surface area contributed by atoms with E-state index in [0.717, 1.165) is 17.8 Å². The van der Waals surface area contributed by atoms with E-state index in [4.69, 9.17) is 10.00 Å². The molecule has 0 radical (unpaired) electrons. The van der Waals surface area contributed by atoms with Crippen molar-refractivity contribution in [3.05, 3.63) is 53.6 Å². The average Bonchev–Trinajstić information content (AvgIpc) is 2.87. The van der Waals surface area contributed by atoms with E-state index in [1.54, 1.807) is 0 Å². The number of ether oxygens (including phenoxy) is 1. The van der Waals surface area contributed by atoms with Crippen LogP contribution in [0.5, 0.6) is 0 Å². The lowest BCUT2D eigenvalue weighted by Crippen LogP contribution is -2.21. The topological polar surface area (TPSA) is 50.8 Å². The largest absolute Gasteiger partial charge is 0.365 e. The van der Waals surface area contributed by atoms with Crippen LogP contribution in [0.2, 0.25) is 0 Å². The summed E-state index contributed by atoms with van der Waals surface area (Å²) >= 11 is 0. The number of benzene rings is 1. The van der Waals surface area contributed by atoms with E-state index < -0.39 is 0 Å². The third-order valence-electron chi connectivity index (χ3n) is 2.97. The summed E-state index contributed by atoms with van der Waals surface area (Å²) in [5, 5.41) is 8.77. The highest BCUT2D eigenvalue weighted by molar-refractivity contribution is 5.35. The van der Waals surface area contributed by atoms with Gasteiger partial charge in [0.2, 0.25) is 0 Å². The van der Waals surface area contributed by atoms with Gasteiger partial charge in [0, 0.05) is 6.54 Å². The van der Waals surface area contributed by atoms with E-state index >= 15 is 0 Å². The SMILES string of the molecule is N#Cc1ccc(C2OCCn3cncc32)cc1. The number of nitrogens with zero attached hydrogens (tertiary/aromatic N) is 3. The Kier molecular flexibility index (Phi) is 2.39. The Bertz CT molecular complexity index is 565. The number of fused-ring (bicyclic) bond motifs is 1. The van der Waals surface area contributed by atoms with Gasteiger partial charge in [0.25, 0.3) is 0 Å². The van der Waals surface area contributed by atoms with Gasteiger partial charge in [0.1, 0.15) is 6.10 Å². The van der Waals surface area contributed by atoms with Crippen LogP contribution in [0.25, 0.3) is 0 Å². The second-order valence-corrected chi connectivity index (χ2v) is 4.00. The average molecular weight is 225 g/mol. The molecule has 0 amide bonds. The molecular formula is C13H11N3O. The highest BCUT2D eigenvalue weighted by Crippen LogP contribution is 2.28. The van der Waals surface area contributed by atoms with Crippen LogP contribution in [0, 0.1) is 11.3 Å². The minimum Gasteiger partial charge on any atom is -0.365 e. The Labute approximate surface area is 99.1 Å². The maximum atomic E-state index is 8.77. The van der Waals surface area contributed by atoms with E-state index in [1.165, 1.54) is 0 Å². The van der Waals surface area contributed by atoms with Gasteiger partial charge in [0.15, 0.2) is 0 Å². The van der Waals surface area contributed by atoms with Crippen LogP contribution in [0.15, 0.2) is 36.8 Å². The molecule has 0 bridgehead atoms. The molecule has 17 heavy (non-hydrogen) atoms. The maximum Gasteiger partial charge on any atom is 0.124 e. The van der Waals surface area contributed by atoms with Crippen LogP contribution in [-0.4, -0.2) is 16.2 Å². The standard InChI is InChI=1S/C13H11N3O/c14-7-10-1-3-11(4-2-10)13-12-8-15-9-16(12)5-6-17-13/h1-4,8-9,13H,5-6H2. The Morgan fingerprint density at radius 2 is 2.18 bits per heavy atom. The van der Waals surface area contributed by atoms with Gasteiger partial charge in [0.05, 0.1) is 36.5 Å². The zero-order valence-corrected chi connectivity index (χ0v) is 9.21. The second-order valence-electron chi connectivity index (χ2n) is 4.00. The first-order valence-electron chi connectivity index (χ1n) is 5.50. The van der Waals surface area contributed by atoms with Gasteiger partial charge in [-0.25, -0.2) is 4.98 Å². The lowest BCUT2D eigenvalue weighted by atomic mass is 10.0. The van der Waals surface area contributed by atoms with E-state index in [9.17, 15) is 0 Å². The van der Waals surface area contributed by atoms with Crippen molar-refractivity contribution in [1.82, 2.24) is 9.55 Å². The molecule has 4 nitrogen and oxygen atoms in total. The zero-order valence-electron chi connectivity index (χ0n) is 9.21. The summed E-state index contributed by atoms with van der Waals surface area (Å²) in [5.74, 6) is 0. The van der Waals surface area contributed by atoms with Crippen LogP contribution in [-0.2, 0) is 11.3 Å². The minimum atomic E-state index is -0.0704. The molecule has 0 aliphatic carbocycles. The monoisotopic (exact) mass is 225 g/mol. The van der Waals surface area contributed by atoms with Crippen LogP contribution in [0.3, 0.4) is 0 Å². The van der Waals surface area contributed by atoms with Gasteiger partial charge in [-0.05, 0) is 17.7 Å². The fraction of sp³-hybridized carbons (Fsp3) is 0.231. The van der Waals surface area contributed by atoms with Crippen molar-refractivity contribution >= 4 is 0 Å². The van der Waals surface area contributed by atoms with Crippen LogP contribution in [0.4, 0.5) is 0 Å². The van der Waals surface area contributed by atoms with E-state index in [-0.39, 0.29) is 6.10 Å². The molecule has 0 fully saturated rings. The zero-order chi connectivity index (χ0) is 11.7. The van der Waals surface area contributed by atoms with Gasteiger partial charge >= 0.3 is 0 Å². The predicted molar refractivity (Wildman–Crippen MR) is 61.2 cm³/mol. The third kappa shape index (κ3) is 1.71. The van der Waals surface area contributed by atoms with Crippen molar-refractivity contribution in [3.63, 3.8) is 0 Å². The fourth-order valence-electron chi connectivity index (χ4n) is 2.09. The molecular weight excluding hydrogens is 214 g/mol. The van der Waals surface area contributed by atoms with Crippen LogP contribution < -0.4 is 0 Å². The summed E-state index contributed by atoms with van der Waals surface area (Å²) in [6.07, 6.45) is 3.59. The summed E-state index contributed by atoms with van der Waals surface area (Å²) in [7, 11) is 0. The normalized spacial score (nSPS) is 18.4. The minimum absolute atomic E-state index is 0.0704. The lowest BCUT2D eigenvalue weighted by Gasteiger charge is -2.25. The Hall–Kier alpha value is -2.12. The predicted octanol–water partition coefficient (Wildman–Crippen LogP) is 1.87. The molecule has 1 atom stereocenters. The lowest BCUT2D eigenvalue weighted by molar-refractivity contribution is 0.0465. The molecule has 4 heteroatoms. The quantitative estimate of drug-likeness (QED) is 0.744. The molecule has 2 aromatic rings. The molecule has 1 unspecified atom stereocenters. The number of rotatable bonds is 1. The molecule has 0 spiro atoms. The maximum absolute atomic E-state index is 8.77. The van der Waals surface area contributed by atoms with Crippen molar-refractivity contribution in [3.8, 4) is 6.07 Å². The van der Waals surface area contributed by atoms with E-state index in [0.29, 0.717) is 12.2 Å². The summed E-state index contributed by atoms with van der Waals surface area (Å²) in [6, 6.07) is 9.61. The Balaban J connectivity index is 1.98. The number of imidazole rings is 1. The van der Waals surface area contributed by atoms with Crippen molar-refractivity contribution in [2.45, 2.75) is 12.6 Å². The molecule has 2 heterocycles. The van der Waals surface area contributed by atoms with Crippen LogP contribution in [0.1, 0.15) is 22.9 Å². The highest BCUT2D eigenvalue weighted by atomic mass is 16.5. The molecule has 0 saturated heterocycles. The van der Waals surface area contributed by atoms with Crippen molar-refractivity contribution < 1.29 is 4.74 Å². The van der Waals surface area contributed by atoms with Crippen molar-refractivity contribution in [2.75, 3.05) is 6.61 Å². The van der Waals surface area contributed by atoms with Crippen molar-refractivity contribution in [1.29, 1.82) is 5.26 Å². The summed E-state index contributed by atoms with van der Waals surface area (Å²) in [5.41, 5.74) is 2.80. The van der Waals surface area contributed by atoms with Crippen LogP contribution >= 0.6 is 0 Å². The highest BCUT2D eigenvalue weighted by Gasteiger charge is 2.22. The molecule has 3 rings (SSSR count). The first kappa shape index (κ1) is 10.1. The summed E-state index contributed by atoms with van der Waals surface area (Å²) in [6.45, 7) is 1.54. The second kappa shape index (κ2) is 4.04. The molecule has 1 aliphatic rings. The number of hydrogen-bond acceptors (Lipinski definition) is 3. The van der Waals surface area contributed by atoms with E-state index in [1.807, 2.05) is 36.8 Å². The number of hydrogen-bond donors (Lipinski definition) is 0. The van der Waals surface area contributed by atoms with Gasteiger partial charge < -0.3 is 9.30 Å². The van der Waals surface area contributed by atoms with Gasteiger partial charge in [-0.1, -0.05) is 12.1 Å². The van der Waals surface area contributed by atoms with E-state index in [2.05, 4.69) is 15.6 Å². The molecule has 0 saturated carbocycles. The third-order valence-corrected chi connectivity index (χ3v) is 2.97. The molecule has 0 N–H and O–H groups in total. The van der Waals surface area contributed by atoms with Gasteiger partial charge in [-0.2, -0.15) is 5.26 Å². The van der Waals surface area contributed by atoms with Gasteiger partial charge in [-0.15, -0.1) is 0 Å². The number of aromatic nitrogens is 2. The molecule has 1 aliphatic heterocycles. The first-order valence-corrected chi connectivity index (χ1v) is 5.50. The Morgan fingerprint density at radius 1 is 1.35 bits per heavy atom. The van der Waals surface area contributed by atoms with Gasteiger partial charge in [-0.3, -0.25) is 0 Å². The smallest absolute Gasteiger partial charge is 0.124 e.